The number of rotatable bonds is 10. The lowest BCUT2D eigenvalue weighted by molar-refractivity contribution is -0.146. The maximum absolute atomic E-state index is 15.8. The van der Waals surface area contributed by atoms with E-state index in [-0.39, 0.29) is 28.7 Å². The Kier molecular flexibility index (Phi) is 7.89. The molecule has 33 heavy (non-hydrogen) atoms. The maximum Gasteiger partial charge on any atom is 0.355 e. The minimum absolute atomic E-state index is 0.0340. The van der Waals surface area contributed by atoms with Crippen LogP contribution in [0.2, 0.25) is 0 Å². The van der Waals surface area contributed by atoms with Crippen LogP contribution in [0.4, 0.5) is 4.39 Å². The van der Waals surface area contributed by atoms with Gasteiger partial charge in [0.1, 0.15) is 16.7 Å². The average Bonchev–Trinajstić information content (AvgIpc) is 3.21. The summed E-state index contributed by atoms with van der Waals surface area (Å²) in [6, 6.07) is 12.9. The Bertz CT molecular complexity index is 1180. The van der Waals surface area contributed by atoms with Crippen LogP contribution in [0.3, 0.4) is 0 Å². The first-order valence-corrected chi connectivity index (χ1v) is 12.8. The van der Waals surface area contributed by atoms with Gasteiger partial charge in [-0.05, 0) is 54.1 Å². The normalized spacial score (nSPS) is 15.1. The standard InChI is InChI=1S/C23H25FNO6PS/c1-14(2)13-30-23(28)15(3)25-32(29,31-18-7-5-4-6-8-18)21(24)16-9-10-19-17(11-16)12-20(33-19)22(26)27/h4-12,14-15,21H,13H2,1-3H3,(H,25,29)(H,26,27)/t15-,21+,32?/m0/s1. The minimum Gasteiger partial charge on any atom is -0.477 e. The lowest BCUT2D eigenvalue weighted by Crippen LogP contribution is -2.36. The van der Waals surface area contributed by atoms with Crippen LogP contribution in [-0.4, -0.2) is 29.7 Å². The van der Waals surface area contributed by atoms with Crippen molar-refractivity contribution < 1.29 is 32.9 Å². The molecule has 0 saturated heterocycles. The molecule has 0 aliphatic carbocycles. The second kappa shape index (κ2) is 10.5. The molecule has 2 N–H and O–H groups in total. The van der Waals surface area contributed by atoms with E-state index in [2.05, 4.69) is 5.09 Å². The summed E-state index contributed by atoms with van der Waals surface area (Å²) >= 11 is 1.06. The number of thiophene rings is 1. The molecule has 3 aromatic rings. The molecule has 0 aliphatic rings. The van der Waals surface area contributed by atoms with Gasteiger partial charge in [-0.25, -0.2) is 14.3 Å². The quantitative estimate of drug-likeness (QED) is 0.263. The Morgan fingerprint density at radius 3 is 2.45 bits per heavy atom. The van der Waals surface area contributed by atoms with E-state index in [0.29, 0.717) is 10.1 Å². The number of esters is 1. The number of benzene rings is 2. The van der Waals surface area contributed by atoms with E-state index >= 15 is 4.39 Å². The number of alkyl halides is 1. The number of nitrogens with one attached hydrogen (secondary N) is 1. The van der Waals surface area contributed by atoms with E-state index in [1.807, 2.05) is 13.8 Å². The first kappa shape index (κ1) is 24.9. The number of carboxylic acid groups (broad SMARTS) is 1. The van der Waals surface area contributed by atoms with Crippen LogP contribution in [-0.2, 0) is 14.1 Å². The third-order valence-corrected chi connectivity index (χ3v) is 7.82. The molecule has 3 atom stereocenters. The van der Waals surface area contributed by atoms with Crippen molar-refractivity contribution in [3.05, 3.63) is 65.0 Å². The molecule has 7 nitrogen and oxygen atoms in total. The lowest BCUT2D eigenvalue weighted by Gasteiger charge is -2.26. The predicted molar refractivity (Wildman–Crippen MR) is 126 cm³/mol. The van der Waals surface area contributed by atoms with E-state index in [4.69, 9.17) is 9.26 Å². The van der Waals surface area contributed by atoms with Crippen LogP contribution >= 0.6 is 18.9 Å². The number of aromatic carboxylic acids is 1. The fraction of sp³-hybridized carbons (Fsp3) is 0.304. The summed E-state index contributed by atoms with van der Waals surface area (Å²) in [5, 5.41) is 12.2. The Morgan fingerprint density at radius 2 is 1.82 bits per heavy atom. The summed E-state index contributed by atoms with van der Waals surface area (Å²) in [6.07, 6.45) is 0. The Hall–Kier alpha value is -2.74. The third-order valence-electron chi connectivity index (χ3n) is 4.59. The first-order chi connectivity index (χ1) is 15.6. The van der Waals surface area contributed by atoms with Crippen molar-refractivity contribution in [3.8, 4) is 5.75 Å². The largest absolute Gasteiger partial charge is 0.477 e. The van der Waals surface area contributed by atoms with Gasteiger partial charge in [-0.2, -0.15) is 0 Å². The molecule has 1 aromatic heterocycles. The molecular weight excluding hydrogens is 468 g/mol. The van der Waals surface area contributed by atoms with Crippen molar-refractivity contribution in [3.63, 3.8) is 0 Å². The number of hydrogen-bond acceptors (Lipinski definition) is 6. The van der Waals surface area contributed by atoms with Crippen LogP contribution in [0, 0.1) is 5.92 Å². The van der Waals surface area contributed by atoms with Gasteiger partial charge in [0, 0.05) is 4.70 Å². The van der Waals surface area contributed by atoms with E-state index < -0.39 is 31.4 Å². The first-order valence-electron chi connectivity index (χ1n) is 10.3. The second-order valence-corrected chi connectivity index (χ2v) is 11.1. The molecule has 1 unspecified atom stereocenters. The lowest BCUT2D eigenvalue weighted by atomic mass is 10.2. The van der Waals surface area contributed by atoms with Gasteiger partial charge >= 0.3 is 19.5 Å². The zero-order chi connectivity index (χ0) is 24.2. The molecule has 10 heteroatoms. The van der Waals surface area contributed by atoms with E-state index in [1.54, 1.807) is 24.3 Å². The van der Waals surface area contributed by atoms with Crippen molar-refractivity contribution >= 4 is 40.9 Å². The molecule has 0 saturated carbocycles. The fourth-order valence-electron chi connectivity index (χ4n) is 2.98. The number of fused-ring (bicyclic) bond motifs is 1. The summed E-state index contributed by atoms with van der Waals surface area (Å²) in [5.74, 6) is -3.61. The van der Waals surface area contributed by atoms with E-state index in [1.165, 1.54) is 37.3 Å². The van der Waals surface area contributed by atoms with Gasteiger partial charge in [0.15, 0.2) is 0 Å². The zero-order valence-corrected chi connectivity index (χ0v) is 20.1. The monoisotopic (exact) mass is 493 g/mol. The molecule has 0 aliphatic heterocycles. The van der Waals surface area contributed by atoms with Crippen LogP contribution in [0.5, 0.6) is 5.75 Å². The Labute approximate surface area is 195 Å². The molecule has 2 aromatic carbocycles. The van der Waals surface area contributed by atoms with Gasteiger partial charge in [-0.1, -0.05) is 38.1 Å². The third kappa shape index (κ3) is 6.19. The smallest absolute Gasteiger partial charge is 0.355 e. The highest BCUT2D eigenvalue weighted by molar-refractivity contribution is 7.57. The SMILES string of the molecule is CC(C)COC(=O)[C@H](C)NP(=O)(Oc1ccccc1)[C@@H](F)c1ccc2sc(C(=O)O)cc2c1. The molecule has 0 fully saturated rings. The van der Waals surface area contributed by atoms with Crippen LogP contribution in [0.1, 0.15) is 41.9 Å². The van der Waals surface area contributed by atoms with Crippen molar-refractivity contribution in [1.29, 1.82) is 0 Å². The number of carbonyl (C=O) groups is 2. The summed E-state index contributed by atoms with van der Waals surface area (Å²) in [4.78, 5) is 23.7. The second-order valence-electron chi connectivity index (χ2n) is 7.92. The van der Waals surface area contributed by atoms with Gasteiger partial charge in [-0.15, -0.1) is 11.3 Å². The number of para-hydroxylation sites is 1. The van der Waals surface area contributed by atoms with Crippen LogP contribution in [0.15, 0.2) is 54.6 Å². The van der Waals surface area contributed by atoms with E-state index in [0.717, 1.165) is 11.3 Å². The van der Waals surface area contributed by atoms with Crippen molar-refractivity contribution in [2.75, 3.05) is 6.61 Å². The predicted octanol–water partition coefficient (Wildman–Crippen LogP) is 6.02. The van der Waals surface area contributed by atoms with Crippen LogP contribution < -0.4 is 9.61 Å². The highest BCUT2D eigenvalue weighted by Gasteiger charge is 2.40. The highest BCUT2D eigenvalue weighted by atomic mass is 32.1. The number of carbonyl (C=O) groups excluding carboxylic acids is 1. The molecule has 1 heterocycles. The maximum atomic E-state index is 15.8. The molecule has 0 amide bonds. The topological polar surface area (TPSA) is 102 Å². The number of ether oxygens (including phenoxy) is 1. The van der Waals surface area contributed by atoms with Gasteiger partial charge in [0.05, 0.1) is 6.61 Å². The van der Waals surface area contributed by atoms with Crippen molar-refractivity contribution in [1.82, 2.24) is 5.09 Å². The molecule has 176 valence electrons. The summed E-state index contributed by atoms with van der Waals surface area (Å²) < 4.78 is 41.0. The molecule has 0 radical (unpaired) electrons. The van der Waals surface area contributed by atoms with Crippen molar-refractivity contribution in [2.24, 2.45) is 5.92 Å². The summed E-state index contributed by atoms with van der Waals surface area (Å²) in [6.45, 7) is 5.36. The highest BCUT2D eigenvalue weighted by Crippen LogP contribution is 2.58. The average molecular weight is 493 g/mol. The van der Waals surface area contributed by atoms with Crippen LogP contribution in [0.25, 0.3) is 10.1 Å². The Balaban J connectivity index is 1.92. The van der Waals surface area contributed by atoms with Gasteiger partial charge in [0.2, 0.25) is 5.91 Å². The number of halogens is 1. The number of hydrogen-bond donors (Lipinski definition) is 2. The minimum atomic E-state index is -4.33. The number of carboxylic acids is 1. The van der Waals surface area contributed by atoms with Gasteiger partial charge in [0.25, 0.3) is 0 Å². The summed E-state index contributed by atoms with van der Waals surface area (Å²) in [5.41, 5.74) is 0.0340. The fourth-order valence-corrected chi connectivity index (χ4v) is 5.78. The van der Waals surface area contributed by atoms with Crippen molar-refractivity contribution in [2.45, 2.75) is 32.7 Å². The molecule has 0 spiro atoms. The molecule has 3 rings (SSSR count). The molecular formula is C23H25FNO6PS. The van der Waals surface area contributed by atoms with Gasteiger partial charge in [-0.3, -0.25) is 9.36 Å². The summed E-state index contributed by atoms with van der Waals surface area (Å²) in [7, 11) is -4.33. The van der Waals surface area contributed by atoms with Gasteiger partial charge < -0.3 is 14.4 Å². The molecule has 0 bridgehead atoms. The Morgan fingerprint density at radius 1 is 1.12 bits per heavy atom. The van der Waals surface area contributed by atoms with E-state index in [9.17, 15) is 19.3 Å². The zero-order valence-electron chi connectivity index (χ0n) is 18.4.